The number of carbonyl (C=O) groups excluding carboxylic acids is 4. The third kappa shape index (κ3) is 4.94. The molecule has 2 saturated carbocycles. The molecular weight excluding hydrogens is 504 g/mol. The van der Waals surface area contributed by atoms with Gasteiger partial charge in [-0.3, -0.25) is 29.4 Å². The maximum absolute atomic E-state index is 13.3. The van der Waals surface area contributed by atoms with Gasteiger partial charge in [-0.05, 0) is 93.0 Å². The summed E-state index contributed by atoms with van der Waals surface area (Å²) in [4.78, 5) is 51.3. The fraction of sp³-hybridized carbons (Fsp3) is 0.500. The molecule has 4 aliphatic rings. The lowest BCUT2D eigenvalue weighted by Gasteiger charge is -2.34. The highest BCUT2D eigenvalue weighted by molar-refractivity contribution is 6.25. The van der Waals surface area contributed by atoms with Crippen molar-refractivity contribution in [2.75, 3.05) is 11.9 Å². The number of rotatable bonds is 8. The van der Waals surface area contributed by atoms with Crippen LogP contribution < -0.4 is 16.0 Å². The molecule has 5 unspecified atom stereocenters. The number of amides is 4. The van der Waals surface area contributed by atoms with Gasteiger partial charge < -0.3 is 10.6 Å². The standard InChI is InChI=1S/C32H38N4O4/c1-19-14-22-16-23(15-19)32(2,17-22)34-13-12-20-6-8-21(9-7-20)18-33-25-5-3-4-24-28(25)31(40)36(30(24)39)26-10-11-27(37)35-29(26)38/h3-9,19,22-23,26,33-34H,10-18H2,1-2H3,(H,35,37,38). The summed E-state index contributed by atoms with van der Waals surface area (Å²) in [6.45, 7) is 6.29. The van der Waals surface area contributed by atoms with Crippen LogP contribution in [-0.2, 0) is 22.6 Å². The topological polar surface area (TPSA) is 108 Å². The molecule has 210 valence electrons. The van der Waals surface area contributed by atoms with E-state index in [1.807, 2.05) is 0 Å². The summed E-state index contributed by atoms with van der Waals surface area (Å²) < 4.78 is 0. The van der Waals surface area contributed by atoms with Crippen molar-refractivity contribution < 1.29 is 19.2 Å². The lowest BCUT2D eigenvalue weighted by molar-refractivity contribution is -0.136. The molecule has 3 fully saturated rings. The van der Waals surface area contributed by atoms with Gasteiger partial charge in [-0.1, -0.05) is 37.3 Å². The molecule has 2 aromatic carbocycles. The fourth-order valence-electron chi connectivity index (χ4n) is 7.59. The minimum absolute atomic E-state index is 0.0978. The average molecular weight is 543 g/mol. The summed E-state index contributed by atoms with van der Waals surface area (Å²) in [5.41, 5.74) is 3.73. The van der Waals surface area contributed by atoms with Crippen LogP contribution in [0.15, 0.2) is 42.5 Å². The highest BCUT2D eigenvalue weighted by atomic mass is 16.2. The Morgan fingerprint density at radius 3 is 2.52 bits per heavy atom. The molecule has 1 saturated heterocycles. The van der Waals surface area contributed by atoms with Crippen molar-refractivity contribution >= 4 is 29.3 Å². The number of imide groups is 2. The molecule has 2 aromatic rings. The van der Waals surface area contributed by atoms with Crippen LogP contribution in [0.5, 0.6) is 0 Å². The number of anilines is 1. The van der Waals surface area contributed by atoms with Crippen molar-refractivity contribution in [2.24, 2.45) is 17.8 Å². The van der Waals surface area contributed by atoms with E-state index in [0.717, 1.165) is 41.2 Å². The van der Waals surface area contributed by atoms with E-state index in [4.69, 9.17) is 0 Å². The van der Waals surface area contributed by atoms with Gasteiger partial charge >= 0.3 is 0 Å². The van der Waals surface area contributed by atoms with Crippen LogP contribution in [-0.4, -0.2) is 46.7 Å². The molecule has 2 heterocycles. The summed E-state index contributed by atoms with van der Waals surface area (Å²) in [5.74, 6) is 0.543. The third-order valence-electron chi connectivity index (χ3n) is 9.57. The zero-order valence-electron chi connectivity index (χ0n) is 23.3. The van der Waals surface area contributed by atoms with E-state index in [1.54, 1.807) is 18.2 Å². The predicted molar refractivity (Wildman–Crippen MR) is 152 cm³/mol. The van der Waals surface area contributed by atoms with Crippen LogP contribution in [0.25, 0.3) is 0 Å². The zero-order valence-corrected chi connectivity index (χ0v) is 23.3. The van der Waals surface area contributed by atoms with Gasteiger partial charge in [-0.2, -0.15) is 0 Å². The number of piperidine rings is 1. The Hall–Kier alpha value is -3.52. The van der Waals surface area contributed by atoms with Crippen molar-refractivity contribution in [1.29, 1.82) is 0 Å². The Bertz CT molecular complexity index is 1360. The molecule has 4 amide bonds. The SMILES string of the molecule is CC1CC2CC(C1)C(C)(NCCc1ccc(CNc3cccc4c3C(=O)N(C3CCC(=O)NC3=O)C4=O)cc1)C2. The third-order valence-corrected chi connectivity index (χ3v) is 9.57. The Morgan fingerprint density at radius 1 is 0.975 bits per heavy atom. The van der Waals surface area contributed by atoms with Crippen LogP contribution in [0.1, 0.15) is 84.2 Å². The van der Waals surface area contributed by atoms with Crippen molar-refractivity contribution in [3.8, 4) is 0 Å². The summed E-state index contributed by atoms with van der Waals surface area (Å²) in [6.07, 6.45) is 6.64. The number of fused-ring (bicyclic) bond motifs is 3. The maximum atomic E-state index is 13.3. The van der Waals surface area contributed by atoms with E-state index in [0.29, 0.717) is 12.2 Å². The Morgan fingerprint density at radius 2 is 1.75 bits per heavy atom. The largest absolute Gasteiger partial charge is 0.380 e. The maximum Gasteiger partial charge on any atom is 0.264 e. The highest BCUT2D eigenvalue weighted by Crippen LogP contribution is 2.50. The minimum atomic E-state index is -0.973. The molecule has 2 aliphatic heterocycles. The van der Waals surface area contributed by atoms with Crippen LogP contribution >= 0.6 is 0 Å². The van der Waals surface area contributed by atoms with Gasteiger partial charge in [0.25, 0.3) is 11.8 Å². The summed E-state index contributed by atoms with van der Waals surface area (Å²) in [6, 6.07) is 12.7. The number of benzene rings is 2. The lowest BCUT2D eigenvalue weighted by atomic mass is 9.79. The van der Waals surface area contributed by atoms with Gasteiger partial charge in [0.1, 0.15) is 6.04 Å². The molecule has 0 spiro atoms. The van der Waals surface area contributed by atoms with Crippen molar-refractivity contribution in [1.82, 2.24) is 15.5 Å². The van der Waals surface area contributed by atoms with E-state index >= 15 is 0 Å². The first-order chi connectivity index (χ1) is 19.2. The monoisotopic (exact) mass is 542 g/mol. The summed E-state index contributed by atoms with van der Waals surface area (Å²) in [7, 11) is 0. The molecule has 0 aromatic heterocycles. The smallest absolute Gasteiger partial charge is 0.264 e. The van der Waals surface area contributed by atoms with Gasteiger partial charge in [-0.25, -0.2) is 0 Å². The first-order valence-corrected chi connectivity index (χ1v) is 14.6. The Labute approximate surface area is 235 Å². The lowest BCUT2D eigenvalue weighted by Crippen LogP contribution is -2.54. The number of hydrogen-bond acceptors (Lipinski definition) is 6. The van der Waals surface area contributed by atoms with Gasteiger partial charge in [-0.15, -0.1) is 0 Å². The Balaban J connectivity index is 1.05. The number of nitrogens with zero attached hydrogens (tertiary/aromatic N) is 1. The number of carbonyl (C=O) groups is 4. The van der Waals surface area contributed by atoms with Crippen molar-refractivity contribution in [3.63, 3.8) is 0 Å². The van der Waals surface area contributed by atoms with E-state index < -0.39 is 23.8 Å². The number of nitrogens with one attached hydrogen (secondary N) is 3. The normalized spacial score (nSPS) is 29.5. The second kappa shape index (κ2) is 10.5. The van der Waals surface area contributed by atoms with Crippen molar-refractivity contribution in [2.45, 2.75) is 76.9 Å². The minimum Gasteiger partial charge on any atom is -0.380 e. The fourth-order valence-corrected chi connectivity index (χ4v) is 7.59. The molecule has 0 radical (unpaired) electrons. The summed E-state index contributed by atoms with van der Waals surface area (Å²) >= 11 is 0. The predicted octanol–water partition coefficient (Wildman–Crippen LogP) is 4.05. The molecule has 5 atom stereocenters. The van der Waals surface area contributed by atoms with Gasteiger partial charge in [0.15, 0.2) is 0 Å². The van der Waals surface area contributed by atoms with Crippen LogP contribution in [0.4, 0.5) is 5.69 Å². The number of hydrogen-bond donors (Lipinski definition) is 3. The molecule has 3 N–H and O–H groups in total. The second-order valence-corrected chi connectivity index (χ2v) is 12.5. The second-order valence-electron chi connectivity index (χ2n) is 12.5. The molecular formula is C32H38N4O4. The van der Waals surface area contributed by atoms with E-state index in [9.17, 15) is 19.2 Å². The van der Waals surface area contributed by atoms with Gasteiger partial charge in [0.2, 0.25) is 11.8 Å². The van der Waals surface area contributed by atoms with Crippen molar-refractivity contribution in [3.05, 3.63) is 64.7 Å². The van der Waals surface area contributed by atoms with Crippen LogP contribution in [0.3, 0.4) is 0 Å². The van der Waals surface area contributed by atoms with Crippen LogP contribution in [0.2, 0.25) is 0 Å². The molecule has 2 bridgehead atoms. The van der Waals surface area contributed by atoms with E-state index in [-0.39, 0.29) is 35.4 Å². The van der Waals surface area contributed by atoms with E-state index in [2.05, 4.69) is 54.1 Å². The first-order valence-electron chi connectivity index (χ1n) is 14.6. The average Bonchev–Trinajstić information content (AvgIpc) is 3.31. The van der Waals surface area contributed by atoms with E-state index in [1.165, 1.54) is 31.2 Å². The zero-order chi connectivity index (χ0) is 28.0. The summed E-state index contributed by atoms with van der Waals surface area (Å²) in [5, 5.41) is 9.46. The molecule has 8 heteroatoms. The highest BCUT2D eigenvalue weighted by Gasteiger charge is 2.47. The molecule has 40 heavy (non-hydrogen) atoms. The Kier molecular flexibility index (Phi) is 6.98. The molecule has 6 rings (SSSR count). The van der Waals surface area contributed by atoms with Gasteiger partial charge in [0.05, 0.1) is 11.1 Å². The first kappa shape index (κ1) is 26.7. The quantitative estimate of drug-likeness (QED) is 0.435. The van der Waals surface area contributed by atoms with Gasteiger partial charge in [0, 0.05) is 24.2 Å². The van der Waals surface area contributed by atoms with Crippen LogP contribution in [0, 0.1) is 17.8 Å². The molecule has 8 nitrogen and oxygen atoms in total. The molecule has 2 aliphatic carbocycles.